The average molecular weight is 352 g/mol. The standard InChI is InChI=1S/C20H20N2O4/c1-3-14-26-18-11-7-5-9-16(18)20(24)22-21-19(23)13-12-15-8-4-6-10-17(15)25-2/h3-13H,1,14H2,2H3,(H,21,23)(H,22,24). The molecule has 0 atom stereocenters. The number of methoxy groups -OCH3 is 1. The molecule has 0 aromatic heterocycles. The van der Waals surface area contributed by atoms with Crippen LogP contribution in [0.3, 0.4) is 0 Å². The van der Waals surface area contributed by atoms with E-state index in [1.54, 1.807) is 49.6 Å². The van der Waals surface area contributed by atoms with Crippen LogP contribution in [0.5, 0.6) is 11.5 Å². The summed E-state index contributed by atoms with van der Waals surface area (Å²) in [5.41, 5.74) is 5.74. The number of hydrogen-bond donors (Lipinski definition) is 2. The zero-order chi connectivity index (χ0) is 18.8. The minimum absolute atomic E-state index is 0.276. The van der Waals surface area contributed by atoms with Crippen molar-refractivity contribution in [3.8, 4) is 11.5 Å². The molecule has 2 amide bonds. The summed E-state index contributed by atoms with van der Waals surface area (Å²) in [5, 5.41) is 0. The van der Waals surface area contributed by atoms with Crippen LogP contribution in [0, 0.1) is 0 Å². The Bertz CT molecular complexity index is 815. The van der Waals surface area contributed by atoms with E-state index in [1.807, 2.05) is 18.2 Å². The van der Waals surface area contributed by atoms with E-state index >= 15 is 0 Å². The van der Waals surface area contributed by atoms with Crippen LogP contribution in [0.1, 0.15) is 15.9 Å². The second-order valence-corrected chi connectivity index (χ2v) is 5.11. The van der Waals surface area contributed by atoms with Gasteiger partial charge in [0.2, 0.25) is 0 Å². The Hall–Kier alpha value is -3.54. The molecule has 2 N–H and O–H groups in total. The quantitative estimate of drug-likeness (QED) is 0.456. The van der Waals surface area contributed by atoms with E-state index in [4.69, 9.17) is 9.47 Å². The largest absolute Gasteiger partial charge is 0.496 e. The predicted octanol–water partition coefficient (Wildman–Crippen LogP) is 2.73. The Morgan fingerprint density at radius 1 is 1.04 bits per heavy atom. The lowest BCUT2D eigenvalue weighted by Crippen LogP contribution is -2.40. The van der Waals surface area contributed by atoms with Gasteiger partial charge in [0.25, 0.3) is 11.8 Å². The van der Waals surface area contributed by atoms with E-state index in [0.29, 0.717) is 17.1 Å². The summed E-state index contributed by atoms with van der Waals surface area (Å²) < 4.78 is 10.6. The van der Waals surface area contributed by atoms with Crippen molar-refractivity contribution in [3.05, 3.63) is 78.4 Å². The molecule has 6 nitrogen and oxygen atoms in total. The molecule has 26 heavy (non-hydrogen) atoms. The number of ether oxygens (including phenoxy) is 2. The van der Waals surface area contributed by atoms with Crippen LogP contribution >= 0.6 is 0 Å². The first-order valence-corrected chi connectivity index (χ1v) is 7.90. The van der Waals surface area contributed by atoms with Gasteiger partial charge in [-0.3, -0.25) is 20.4 Å². The van der Waals surface area contributed by atoms with Gasteiger partial charge in [-0.05, 0) is 24.3 Å². The summed E-state index contributed by atoms with van der Waals surface area (Å²) in [5.74, 6) is 0.0926. The summed E-state index contributed by atoms with van der Waals surface area (Å²) in [6.07, 6.45) is 4.48. The van der Waals surface area contributed by atoms with E-state index in [2.05, 4.69) is 17.4 Å². The molecular weight excluding hydrogens is 332 g/mol. The van der Waals surface area contributed by atoms with Crippen LogP contribution < -0.4 is 20.3 Å². The maximum atomic E-state index is 12.2. The third-order valence-corrected chi connectivity index (χ3v) is 3.34. The Morgan fingerprint density at radius 3 is 2.46 bits per heavy atom. The number of carbonyl (C=O) groups is 2. The Kier molecular flexibility index (Phi) is 7.00. The molecule has 0 radical (unpaired) electrons. The molecule has 2 aromatic carbocycles. The van der Waals surface area contributed by atoms with Crippen molar-refractivity contribution in [3.63, 3.8) is 0 Å². The van der Waals surface area contributed by atoms with Gasteiger partial charge >= 0.3 is 0 Å². The fourth-order valence-electron chi connectivity index (χ4n) is 2.13. The Balaban J connectivity index is 1.96. The van der Waals surface area contributed by atoms with Crippen LogP contribution in [-0.2, 0) is 4.79 Å². The van der Waals surface area contributed by atoms with Crippen molar-refractivity contribution in [2.75, 3.05) is 13.7 Å². The van der Waals surface area contributed by atoms with Gasteiger partial charge in [-0.1, -0.05) is 43.0 Å². The summed E-state index contributed by atoms with van der Waals surface area (Å²) in [6, 6.07) is 14.0. The molecular formula is C20H20N2O4. The zero-order valence-corrected chi connectivity index (χ0v) is 14.4. The maximum absolute atomic E-state index is 12.2. The van der Waals surface area contributed by atoms with E-state index in [1.165, 1.54) is 6.08 Å². The summed E-state index contributed by atoms with van der Waals surface area (Å²) >= 11 is 0. The van der Waals surface area contributed by atoms with Crippen LogP contribution in [0.4, 0.5) is 0 Å². The van der Waals surface area contributed by atoms with Crippen molar-refractivity contribution >= 4 is 17.9 Å². The summed E-state index contributed by atoms with van der Waals surface area (Å²) in [7, 11) is 1.55. The normalized spacial score (nSPS) is 10.2. The third-order valence-electron chi connectivity index (χ3n) is 3.34. The molecule has 134 valence electrons. The molecule has 0 aliphatic carbocycles. The van der Waals surface area contributed by atoms with E-state index in [9.17, 15) is 9.59 Å². The average Bonchev–Trinajstić information content (AvgIpc) is 2.69. The van der Waals surface area contributed by atoms with Gasteiger partial charge in [-0.15, -0.1) is 0 Å². The molecule has 0 spiro atoms. The number of hydrogen-bond acceptors (Lipinski definition) is 4. The molecule has 0 bridgehead atoms. The van der Waals surface area contributed by atoms with Crippen molar-refractivity contribution in [1.29, 1.82) is 0 Å². The minimum Gasteiger partial charge on any atom is -0.496 e. The second-order valence-electron chi connectivity index (χ2n) is 5.11. The van der Waals surface area contributed by atoms with Crippen LogP contribution in [0.15, 0.2) is 67.3 Å². The number of nitrogens with one attached hydrogen (secondary N) is 2. The molecule has 0 saturated carbocycles. The third kappa shape index (κ3) is 5.24. The van der Waals surface area contributed by atoms with E-state index in [0.717, 1.165) is 5.56 Å². The first-order chi connectivity index (χ1) is 12.7. The number of amides is 2. The first-order valence-electron chi connectivity index (χ1n) is 7.90. The van der Waals surface area contributed by atoms with Gasteiger partial charge in [0.15, 0.2) is 0 Å². The van der Waals surface area contributed by atoms with Gasteiger partial charge in [0.05, 0.1) is 12.7 Å². The number of rotatable bonds is 7. The molecule has 0 unspecified atom stereocenters. The first kappa shape index (κ1) is 18.8. The lowest BCUT2D eigenvalue weighted by Gasteiger charge is -2.10. The van der Waals surface area contributed by atoms with Crippen molar-refractivity contribution in [1.82, 2.24) is 10.9 Å². The molecule has 0 saturated heterocycles. The molecule has 2 aromatic rings. The number of para-hydroxylation sites is 2. The molecule has 0 heterocycles. The minimum atomic E-state index is -0.483. The maximum Gasteiger partial charge on any atom is 0.273 e. The second kappa shape index (κ2) is 9.68. The molecule has 0 aliphatic rings. The highest BCUT2D eigenvalue weighted by atomic mass is 16.5. The summed E-state index contributed by atoms with van der Waals surface area (Å²) in [6.45, 7) is 3.84. The number of carbonyl (C=O) groups excluding carboxylic acids is 2. The van der Waals surface area contributed by atoms with Crippen molar-refractivity contribution in [2.24, 2.45) is 0 Å². The van der Waals surface area contributed by atoms with Crippen LogP contribution in [0.25, 0.3) is 6.08 Å². The fraction of sp³-hybridized carbons (Fsp3) is 0.100. The highest BCUT2D eigenvalue weighted by molar-refractivity contribution is 5.99. The molecule has 6 heteroatoms. The molecule has 0 aliphatic heterocycles. The lowest BCUT2D eigenvalue weighted by atomic mass is 10.2. The van der Waals surface area contributed by atoms with E-state index in [-0.39, 0.29) is 6.61 Å². The topological polar surface area (TPSA) is 76.7 Å². The Labute approximate surface area is 152 Å². The van der Waals surface area contributed by atoms with Gasteiger partial charge in [0, 0.05) is 11.6 Å². The van der Waals surface area contributed by atoms with Gasteiger partial charge in [-0.25, -0.2) is 0 Å². The SMILES string of the molecule is C=CCOc1ccccc1C(=O)NNC(=O)C=Cc1ccccc1OC. The molecule has 2 rings (SSSR count). The van der Waals surface area contributed by atoms with Gasteiger partial charge in [-0.2, -0.15) is 0 Å². The smallest absolute Gasteiger partial charge is 0.273 e. The number of hydrazine groups is 1. The number of benzene rings is 2. The van der Waals surface area contributed by atoms with Gasteiger partial charge in [0.1, 0.15) is 18.1 Å². The van der Waals surface area contributed by atoms with Crippen molar-refractivity contribution in [2.45, 2.75) is 0 Å². The fourth-order valence-corrected chi connectivity index (χ4v) is 2.13. The van der Waals surface area contributed by atoms with Gasteiger partial charge < -0.3 is 9.47 Å². The zero-order valence-electron chi connectivity index (χ0n) is 14.4. The highest BCUT2D eigenvalue weighted by Crippen LogP contribution is 2.19. The van der Waals surface area contributed by atoms with Crippen molar-refractivity contribution < 1.29 is 19.1 Å². The van der Waals surface area contributed by atoms with E-state index < -0.39 is 11.8 Å². The monoisotopic (exact) mass is 352 g/mol. The molecule has 0 fully saturated rings. The summed E-state index contributed by atoms with van der Waals surface area (Å²) in [4.78, 5) is 24.1. The predicted molar refractivity (Wildman–Crippen MR) is 99.8 cm³/mol. The Morgan fingerprint density at radius 2 is 1.73 bits per heavy atom. The van der Waals surface area contributed by atoms with Crippen LogP contribution in [0.2, 0.25) is 0 Å². The van der Waals surface area contributed by atoms with Crippen LogP contribution in [-0.4, -0.2) is 25.5 Å². The lowest BCUT2D eigenvalue weighted by molar-refractivity contribution is -0.117. The highest BCUT2D eigenvalue weighted by Gasteiger charge is 2.12.